The summed E-state index contributed by atoms with van der Waals surface area (Å²) >= 11 is 0. The maximum absolute atomic E-state index is 12.4. The number of benzene rings is 2. The molecule has 144 valence electrons. The lowest BCUT2D eigenvalue weighted by Crippen LogP contribution is -2.26. The summed E-state index contributed by atoms with van der Waals surface area (Å²) in [4.78, 5) is 24.3. The molecule has 5 nitrogen and oxygen atoms in total. The minimum atomic E-state index is -0.696. The molecule has 0 aliphatic rings. The van der Waals surface area contributed by atoms with Gasteiger partial charge in [0.15, 0.2) is 6.10 Å². The van der Waals surface area contributed by atoms with E-state index in [2.05, 4.69) is 12.2 Å². The summed E-state index contributed by atoms with van der Waals surface area (Å²) in [6.45, 7) is 6.10. The van der Waals surface area contributed by atoms with Crippen LogP contribution in [0.4, 0.5) is 5.69 Å². The van der Waals surface area contributed by atoms with Crippen molar-refractivity contribution >= 4 is 17.6 Å². The number of nitrogens with one attached hydrogen (secondary N) is 1. The van der Waals surface area contributed by atoms with Gasteiger partial charge < -0.3 is 14.8 Å². The van der Waals surface area contributed by atoms with Gasteiger partial charge in [0, 0.05) is 11.3 Å². The molecule has 1 N–H and O–H groups in total. The number of carbonyl (C=O) groups is 2. The van der Waals surface area contributed by atoms with Gasteiger partial charge in [-0.15, -0.1) is 0 Å². The Hall–Kier alpha value is -2.82. The molecule has 0 heterocycles. The molecule has 0 aliphatic heterocycles. The summed E-state index contributed by atoms with van der Waals surface area (Å²) in [7, 11) is 0. The third-order valence-electron chi connectivity index (χ3n) is 4.15. The number of amides is 1. The van der Waals surface area contributed by atoms with E-state index in [1.54, 1.807) is 31.2 Å². The largest absolute Gasteiger partial charge is 0.479 e. The van der Waals surface area contributed by atoms with E-state index in [4.69, 9.17) is 9.47 Å². The summed E-state index contributed by atoms with van der Waals surface area (Å²) in [5.74, 6) is -0.0628. The van der Waals surface area contributed by atoms with Crippen LogP contribution in [0.5, 0.6) is 5.75 Å². The zero-order valence-corrected chi connectivity index (χ0v) is 16.2. The Morgan fingerprint density at radius 1 is 1.04 bits per heavy atom. The lowest BCUT2D eigenvalue weighted by molar-refractivity contribution is -0.151. The SMILES string of the molecule is CCCCCOC(=O)[C@@H](C)Oc1ccc(C(=O)Nc2ccccc2C)cc1. The first-order valence-electron chi connectivity index (χ1n) is 9.31. The standard InChI is InChI=1S/C22H27NO4/c1-4-5-8-15-26-22(25)17(3)27-19-13-11-18(12-14-19)21(24)23-20-10-7-6-9-16(20)2/h6-7,9-14,17H,4-5,8,15H2,1-3H3,(H,23,24)/t17-/m1/s1. The number of esters is 1. The van der Waals surface area contributed by atoms with E-state index >= 15 is 0 Å². The number of anilines is 1. The highest BCUT2D eigenvalue weighted by atomic mass is 16.6. The average Bonchev–Trinajstić information content (AvgIpc) is 2.67. The van der Waals surface area contributed by atoms with Crippen LogP contribution < -0.4 is 10.1 Å². The van der Waals surface area contributed by atoms with Gasteiger partial charge in [0.1, 0.15) is 5.75 Å². The van der Waals surface area contributed by atoms with Gasteiger partial charge in [-0.25, -0.2) is 4.79 Å². The molecule has 0 aromatic heterocycles. The van der Waals surface area contributed by atoms with E-state index in [0.717, 1.165) is 30.5 Å². The van der Waals surface area contributed by atoms with Crippen molar-refractivity contribution in [2.24, 2.45) is 0 Å². The predicted molar refractivity (Wildman–Crippen MR) is 106 cm³/mol. The molecule has 2 aromatic rings. The minimum Gasteiger partial charge on any atom is -0.479 e. The monoisotopic (exact) mass is 369 g/mol. The van der Waals surface area contributed by atoms with Gasteiger partial charge in [-0.05, 0) is 56.2 Å². The molecular weight excluding hydrogens is 342 g/mol. The molecule has 5 heteroatoms. The highest BCUT2D eigenvalue weighted by Gasteiger charge is 2.16. The van der Waals surface area contributed by atoms with Crippen molar-refractivity contribution in [1.29, 1.82) is 0 Å². The number of aryl methyl sites for hydroxylation is 1. The fourth-order valence-electron chi connectivity index (χ4n) is 2.49. The predicted octanol–water partition coefficient (Wildman–Crippen LogP) is 4.75. The highest BCUT2D eigenvalue weighted by molar-refractivity contribution is 6.04. The van der Waals surface area contributed by atoms with E-state index in [-0.39, 0.29) is 11.9 Å². The Labute approximate surface area is 160 Å². The molecule has 0 saturated heterocycles. The van der Waals surface area contributed by atoms with Crippen LogP contribution in [0.15, 0.2) is 48.5 Å². The minimum absolute atomic E-state index is 0.195. The molecule has 2 rings (SSSR count). The maximum Gasteiger partial charge on any atom is 0.347 e. The Kier molecular flexibility index (Phi) is 7.86. The molecular formula is C22H27NO4. The number of rotatable bonds is 9. The van der Waals surface area contributed by atoms with E-state index < -0.39 is 6.10 Å². The molecule has 0 spiro atoms. The second kappa shape index (κ2) is 10.4. The topological polar surface area (TPSA) is 64.6 Å². The van der Waals surface area contributed by atoms with Gasteiger partial charge >= 0.3 is 5.97 Å². The fraction of sp³-hybridized carbons (Fsp3) is 0.364. The first-order valence-corrected chi connectivity index (χ1v) is 9.31. The third kappa shape index (κ3) is 6.44. The highest BCUT2D eigenvalue weighted by Crippen LogP contribution is 2.18. The molecule has 0 fully saturated rings. The second-order valence-electron chi connectivity index (χ2n) is 6.43. The van der Waals surface area contributed by atoms with Crippen LogP contribution >= 0.6 is 0 Å². The molecule has 2 aromatic carbocycles. The number of unbranched alkanes of at least 4 members (excludes halogenated alkanes) is 2. The number of ether oxygens (including phenoxy) is 2. The molecule has 27 heavy (non-hydrogen) atoms. The lowest BCUT2D eigenvalue weighted by atomic mass is 10.1. The first-order chi connectivity index (χ1) is 13.0. The van der Waals surface area contributed by atoms with Gasteiger partial charge in [0.05, 0.1) is 6.61 Å². The van der Waals surface area contributed by atoms with Gasteiger partial charge in [0.25, 0.3) is 5.91 Å². The van der Waals surface area contributed by atoms with Gasteiger partial charge in [-0.2, -0.15) is 0 Å². The van der Waals surface area contributed by atoms with Crippen LogP contribution in [0.1, 0.15) is 49.0 Å². The second-order valence-corrected chi connectivity index (χ2v) is 6.43. The maximum atomic E-state index is 12.4. The van der Waals surface area contributed by atoms with Gasteiger partial charge in [-0.3, -0.25) is 4.79 Å². The number of para-hydroxylation sites is 1. The summed E-state index contributed by atoms with van der Waals surface area (Å²) in [6, 6.07) is 14.3. The van der Waals surface area contributed by atoms with Crippen molar-refractivity contribution < 1.29 is 19.1 Å². The van der Waals surface area contributed by atoms with E-state index in [1.807, 2.05) is 31.2 Å². The number of hydrogen-bond donors (Lipinski definition) is 1. The normalized spacial score (nSPS) is 11.5. The zero-order valence-electron chi connectivity index (χ0n) is 16.2. The number of hydrogen-bond acceptors (Lipinski definition) is 4. The zero-order chi connectivity index (χ0) is 19.6. The van der Waals surface area contributed by atoms with Crippen LogP contribution in [0.2, 0.25) is 0 Å². The van der Waals surface area contributed by atoms with Crippen molar-refractivity contribution in [2.75, 3.05) is 11.9 Å². The summed E-state index contributed by atoms with van der Waals surface area (Å²) in [5, 5.41) is 2.88. The Balaban J connectivity index is 1.88. The van der Waals surface area contributed by atoms with Crippen molar-refractivity contribution in [3.05, 3.63) is 59.7 Å². The van der Waals surface area contributed by atoms with E-state index in [9.17, 15) is 9.59 Å². The molecule has 1 amide bonds. The fourth-order valence-corrected chi connectivity index (χ4v) is 2.49. The van der Waals surface area contributed by atoms with Crippen molar-refractivity contribution in [3.8, 4) is 5.75 Å². The average molecular weight is 369 g/mol. The smallest absolute Gasteiger partial charge is 0.347 e. The van der Waals surface area contributed by atoms with E-state index in [1.165, 1.54) is 0 Å². The van der Waals surface area contributed by atoms with Crippen LogP contribution in [0, 0.1) is 6.92 Å². The van der Waals surface area contributed by atoms with Crippen LogP contribution in [-0.4, -0.2) is 24.6 Å². The van der Waals surface area contributed by atoms with Crippen LogP contribution in [0.25, 0.3) is 0 Å². The van der Waals surface area contributed by atoms with Crippen molar-refractivity contribution in [3.63, 3.8) is 0 Å². The molecule has 0 aliphatic carbocycles. The summed E-state index contributed by atoms with van der Waals surface area (Å²) in [5.41, 5.74) is 2.29. The Morgan fingerprint density at radius 3 is 2.41 bits per heavy atom. The van der Waals surface area contributed by atoms with Crippen molar-refractivity contribution in [2.45, 2.75) is 46.1 Å². The van der Waals surface area contributed by atoms with E-state index in [0.29, 0.717) is 17.9 Å². The quantitative estimate of drug-likeness (QED) is 0.512. The Bertz CT molecular complexity index is 755. The van der Waals surface area contributed by atoms with Crippen LogP contribution in [-0.2, 0) is 9.53 Å². The first kappa shape index (κ1) is 20.5. The Morgan fingerprint density at radius 2 is 1.74 bits per heavy atom. The number of carbonyl (C=O) groups excluding carboxylic acids is 2. The van der Waals surface area contributed by atoms with Gasteiger partial charge in [0.2, 0.25) is 0 Å². The molecule has 0 radical (unpaired) electrons. The summed E-state index contributed by atoms with van der Waals surface area (Å²) in [6.07, 6.45) is 2.28. The molecule has 0 unspecified atom stereocenters. The molecule has 0 saturated carbocycles. The molecule has 0 bridgehead atoms. The lowest BCUT2D eigenvalue weighted by Gasteiger charge is -2.14. The third-order valence-corrected chi connectivity index (χ3v) is 4.15. The van der Waals surface area contributed by atoms with Gasteiger partial charge in [-0.1, -0.05) is 38.0 Å². The van der Waals surface area contributed by atoms with Crippen molar-refractivity contribution in [1.82, 2.24) is 0 Å². The molecule has 1 atom stereocenters. The summed E-state index contributed by atoms with van der Waals surface area (Å²) < 4.78 is 10.8. The van der Waals surface area contributed by atoms with Crippen LogP contribution in [0.3, 0.4) is 0 Å².